The minimum absolute atomic E-state index is 0.113. The molecule has 2 aromatic heterocycles. The molecule has 0 saturated carbocycles. The summed E-state index contributed by atoms with van der Waals surface area (Å²) in [4.78, 5) is 66.8. The number of nitrogens with zero attached hydrogens (tertiary/aromatic N) is 5. The first-order valence-electron chi connectivity index (χ1n) is 19.5. The third-order valence-corrected chi connectivity index (χ3v) is 12.1. The first-order valence-corrected chi connectivity index (χ1v) is 19.5. The molecule has 5 aromatic rings. The molecule has 0 spiro atoms. The van der Waals surface area contributed by atoms with Gasteiger partial charge in [0.15, 0.2) is 5.82 Å². The molecule has 3 aromatic carbocycles. The molecule has 0 aliphatic carbocycles. The Kier molecular flexibility index (Phi) is 9.43. The molecule has 292 valence electrons. The Balaban J connectivity index is 0.772. The van der Waals surface area contributed by atoms with Crippen LogP contribution in [0.1, 0.15) is 57.5 Å². The van der Waals surface area contributed by atoms with Gasteiger partial charge >= 0.3 is 0 Å². The summed E-state index contributed by atoms with van der Waals surface area (Å²) in [5.74, 6) is -3.07. The van der Waals surface area contributed by atoms with Crippen molar-refractivity contribution in [1.82, 2.24) is 25.1 Å². The van der Waals surface area contributed by atoms with Gasteiger partial charge in [-0.2, -0.15) is 0 Å². The molecule has 12 nitrogen and oxygen atoms in total. The van der Waals surface area contributed by atoms with Crippen molar-refractivity contribution in [2.45, 2.75) is 38.3 Å². The molecule has 9 rings (SSSR count). The predicted octanol–water partition coefficient (Wildman–Crippen LogP) is 5.12. The average molecular weight is 773 g/mol. The van der Waals surface area contributed by atoms with Crippen LogP contribution < -0.4 is 20.9 Å². The van der Waals surface area contributed by atoms with Gasteiger partial charge in [-0.05, 0) is 84.8 Å². The van der Waals surface area contributed by atoms with Gasteiger partial charge in [-0.15, -0.1) is 0 Å². The van der Waals surface area contributed by atoms with E-state index in [-0.39, 0.29) is 29.5 Å². The lowest BCUT2D eigenvalue weighted by atomic mass is 9.95. The molecule has 4 aliphatic rings. The van der Waals surface area contributed by atoms with Crippen molar-refractivity contribution in [3.8, 4) is 11.1 Å². The summed E-state index contributed by atoms with van der Waals surface area (Å²) in [6.07, 6.45) is 5.91. The minimum Gasteiger partial charge on any atom is -0.396 e. The summed E-state index contributed by atoms with van der Waals surface area (Å²) in [5, 5.41) is 2.83. The zero-order chi connectivity index (χ0) is 39.4. The maximum atomic E-state index is 14.7. The van der Waals surface area contributed by atoms with Crippen LogP contribution in [0.3, 0.4) is 0 Å². The SMILES string of the molecule is Nc1ccc(F)c(C(=O)c2c[nH]c3ncc(-c4ccc(N5CCN(CC6CCN(c7ccc8c(c7)CN(C7CCC(=O)NC7=O)C8=O)CC6)CC5)cc4)cc23)c1F. The fourth-order valence-electron chi connectivity index (χ4n) is 8.81. The average Bonchev–Trinajstić information content (AvgIpc) is 3.80. The molecule has 6 heterocycles. The molecule has 4 N–H and O–H groups in total. The molecule has 1 atom stereocenters. The van der Waals surface area contributed by atoms with Crippen LogP contribution in [-0.2, 0) is 16.1 Å². The number of aromatic amines is 1. The number of halogens is 2. The number of aromatic nitrogens is 2. The van der Waals surface area contributed by atoms with E-state index in [9.17, 15) is 28.0 Å². The Labute approximate surface area is 327 Å². The van der Waals surface area contributed by atoms with Crippen LogP contribution in [0.15, 0.2) is 73.1 Å². The van der Waals surface area contributed by atoms with Crippen LogP contribution in [0.4, 0.5) is 25.8 Å². The number of piperazine rings is 1. The van der Waals surface area contributed by atoms with E-state index in [1.165, 1.54) is 6.20 Å². The third-order valence-electron chi connectivity index (χ3n) is 12.1. The van der Waals surface area contributed by atoms with Crippen LogP contribution in [0.5, 0.6) is 0 Å². The largest absolute Gasteiger partial charge is 0.396 e. The second-order valence-corrected chi connectivity index (χ2v) is 15.5. The van der Waals surface area contributed by atoms with Crippen molar-refractivity contribution in [3.05, 3.63) is 107 Å². The summed E-state index contributed by atoms with van der Waals surface area (Å²) < 4.78 is 29.2. The van der Waals surface area contributed by atoms with E-state index in [1.54, 1.807) is 17.2 Å². The number of benzene rings is 3. The number of ketones is 1. The molecule has 14 heteroatoms. The highest BCUT2D eigenvalue weighted by Crippen LogP contribution is 2.33. The van der Waals surface area contributed by atoms with Gasteiger partial charge in [0, 0.05) is 105 Å². The van der Waals surface area contributed by atoms with Crippen LogP contribution in [0.25, 0.3) is 22.2 Å². The van der Waals surface area contributed by atoms with E-state index < -0.39 is 34.9 Å². The molecule has 1 unspecified atom stereocenters. The van der Waals surface area contributed by atoms with Gasteiger partial charge in [0.1, 0.15) is 17.5 Å². The number of amides is 3. The van der Waals surface area contributed by atoms with Gasteiger partial charge < -0.3 is 25.4 Å². The Hall–Kier alpha value is -6.15. The molecule has 3 amide bonds. The monoisotopic (exact) mass is 772 g/mol. The maximum Gasteiger partial charge on any atom is 0.255 e. The number of piperidine rings is 2. The summed E-state index contributed by atoms with van der Waals surface area (Å²) >= 11 is 0. The number of carbonyl (C=O) groups is 4. The highest BCUT2D eigenvalue weighted by molar-refractivity contribution is 6.17. The normalized spacial score (nSPS) is 19.4. The second-order valence-electron chi connectivity index (χ2n) is 15.5. The number of nitrogen functional groups attached to an aromatic ring is 1. The molecule has 3 fully saturated rings. The van der Waals surface area contributed by atoms with Crippen LogP contribution in [0, 0.1) is 17.6 Å². The Morgan fingerprint density at radius 3 is 2.33 bits per heavy atom. The van der Waals surface area contributed by atoms with Gasteiger partial charge in [0.25, 0.3) is 5.91 Å². The van der Waals surface area contributed by atoms with E-state index in [4.69, 9.17) is 5.73 Å². The highest BCUT2D eigenvalue weighted by atomic mass is 19.1. The van der Waals surface area contributed by atoms with Crippen LogP contribution >= 0.6 is 0 Å². The lowest BCUT2D eigenvalue weighted by Gasteiger charge is -2.40. The van der Waals surface area contributed by atoms with Gasteiger partial charge in [-0.25, -0.2) is 13.8 Å². The fourth-order valence-corrected chi connectivity index (χ4v) is 8.81. The van der Waals surface area contributed by atoms with E-state index in [2.05, 4.69) is 48.2 Å². The van der Waals surface area contributed by atoms with Crippen molar-refractivity contribution in [1.29, 1.82) is 0 Å². The Morgan fingerprint density at radius 2 is 1.58 bits per heavy atom. The van der Waals surface area contributed by atoms with Gasteiger partial charge in [-0.3, -0.25) is 29.4 Å². The highest BCUT2D eigenvalue weighted by Gasteiger charge is 2.39. The van der Waals surface area contributed by atoms with Crippen LogP contribution in [-0.4, -0.2) is 95.1 Å². The number of hydrogen-bond donors (Lipinski definition) is 3. The number of fused-ring (bicyclic) bond motifs is 2. The van der Waals surface area contributed by atoms with Crippen molar-refractivity contribution < 1.29 is 28.0 Å². The maximum absolute atomic E-state index is 14.7. The number of carbonyl (C=O) groups excluding carboxylic acids is 4. The second kappa shape index (κ2) is 14.7. The third kappa shape index (κ3) is 6.87. The number of hydrogen-bond acceptors (Lipinski definition) is 9. The summed E-state index contributed by atoms with van der Waals surface area (Å²) in [6.45, 7) is 7.13. The Bertz CT molecular complexity index is 2420. The number of nitrogens with one attached hydrogen (secondary N) is 2. The first-order chi connectivity index (χ1) is 27.6. The predicted molar refractivity (Wildman–Crippen MR) is 212 cm³/mol. The number of nitrogens with two attached hydrogens (primary N) is 1. The fraction of sp³-hybridized carbons (Fsp3) is 0.326. The molecule has 3 saturated heterocycles. The van der Waals surface area contributed by atoms with Crippen LogP contribution in [0.2, 0.25) is 0 Å². The molecule has 57 heavy (non-hydrogen) atoms. The first kappa shape index (κ1) is 36.5. The van der Waals surface area contributed by atoms with E-state index in [0.717, 1.165) is 98.9 Å². The zero-order valence-corrected chi connectivity index (χ0v) is 31.3. The molecule has 0 bridgehead atoms. The smallest absolute Gasteiger partial charge is 0.255 e. The quantitative estimate of drug-likeness (QED) is 0.111. The topological polar surface area (TPSA) is 148 Å². The molecular formula is C43H42F2N8O4. The standard InChI is InChI=1S/C43H42F2N8O4/c44-34-7-8-35(46)39(45)38(34)40(55)33-22-48-41-32(33)20-27(21-47-41)26-1-3-29(4-2-26)52-17-15-50(16-18-52)23-25-11-13-51(14-12-25)30-5-6-31-28(19-30)24-53(43(31)57)36-9-10-37(54)49-42(36)56/h1-8,19-22,25,36H,9-18,23-24,46H2,(H,47,48)(H,49,54,56). The van der Waals surface area contributed by atoms with Gasteiger partial charge in [0.05, 0.1) is 11.3 Å². The number of H-pyrrole nitrogens is 1. The van der Waals surface area contributed by atoms with Gasteiger partial charge in [-0.1, -0.05) is 12.1 Å². The van der Waals surface area contributed by atoms with Crippen molar-refractivity contribution in [3.63, 3.8) is 0 Å². The molecule has 0 radical (unpaired) electrons. The summed E-state index contributed by atoms with van der Waals surface area (Å²) in [6, 6.07) is 17.5. The van der Waals surface area contributed by atoms with Crippen molar-refractivity contribution in [2.75, 3.05) is 61.3 Å². The number of imide groups is 1. The zero-order valence-electron chi connectivity index (χ0n) is 31.3. The molecular weight excluding hydrogens is 731 g/mol. The minimum atomic E-state index is -1.08. The van der Waals surface area contributed by atoms with Crippen molar-refractivity contribution >= 4 is 51.6 Å². The number of rotatable bonds is 8. The molecule has 4 aliphatic heterocycles. The number of anilines is 3. The number of pyridine rings is 1. The summed E-state index contributed by atoms with van der Waals surface area (Å²) in [7, 11) is 0. The van der Waals surface area contributed by atoms with Crippen molar-refractivity contribution in [2.24, 2.45) is 5.92 Å². The summed E-state index contributed by atoms with van der Waals surface area (Å²) in [5.41, 5.74) is 10.7. The van der Waals surface area contributed by atoms with E-state index >= 15 is 0 Å². The van der Waals surface area contributed by atoms with E-state index in [1.807, 2.05) is 24.3 Å². The Morgan fingerprint density at radius 1 is 0.842 bits per heavy atom. The lowest BCUT2D eigenvalue weighted by Crippen LogP contribution is -2.52. The van der Waals surface area contributed by atoms with Gasteiger partial charge in [0.2, 0.25) is 17.6 Å². The lowest BCUT2D eigenvalue weighted by molar-refractivity contribution is -0.136. The van der Waals surface area contributed by atoms with E-state index in [0.29, 0.717) is 35.5 Å².